The summed E-state index contributed by atoms with van der Waals surface area (Å²) in [5.41, 5.74) is 1.09. The van der Waals surface area contributed by atoms with E-state index >= 15 is 0 Å². The van der Waals surface area contributed by atoms with Gasteiger partial charge in [-0.3, -0.25) is 9.98 Å². The molecule has 0 bridgehead atoms. The molecule has 2 unspecified atom stereocenters. The lowest BCUT2D eigenvalue weighted by Crippen LogP contribution is -2.37. The van der Waals surface area contributed by atoms with Crippen LogP contribution < -0.4 is 0 Å². The minimum atomic E-state index is -0.452. The van der Waals surface area contributed by atoms with Gasteiger partial charge in [-0.15, -0.1) is 24.8 Å². The van der Waals surface area contributed by atoms with Gasteiger partial charge in [-0.05, 0) is 53.4 Å². The molecule has 2 heterocycles. The van der Waals surface area contributed by atoms with Crippen LogP contribution in [0.15, 0.2) is 20.2 Å². The highest BCUT2D eigenvalue weighted by Gasteiger charge is 2.31. The molecule has 0 spiro atoms. The molecule has 2 aliphatic rings. The Balaban J connectivity index is 0.00000264. The molecule has 8 heteroatoms. The maximum Gasteiger partial charge on any atom is 0.113 e. The molecular weight excluding hydrogens is 351 g/mol. The highest BCUT2D eigenvalue weighted by atomic mass is 35.5. The summed E-state index contributed by atoms with van der Waals surface area (Å²) in [6, 6.07) is 0. The lowest BCUT2D eigenvalue weighted by Gasteiger charge is -2.29. The second kappa shape index (κ2) is 9.22. The summed E-state index contributed by atoms with van der Waals surface area (Å²) in [4.78, 5) is 8.91. The van der Waals surface area contributed by atoms with Gasteiger partial charge in [0, 0.05) is 11.4 Å². The first kappa shape index (κ1) is 23.4. The maximum absolute atomic E-state index is 9.55. The number of hydrogen-bond donors (Lipinski definition) is 2. The minimum Gasteiger partial charge on any atom is -0.391 e. The van der Waals surface area contributed by atoms with Crippen LogP contribution in [0.3, 0.4) is 0 Å². The molecule has 24 heavy (non-hydrogen) atoms. The van der Waals surface area contributed by atoms with E-state index in [0.29, 0.717) is 13.1 Å². The molecule has 0 aromatic carbocycles. The predicted octanol–water partition coefficient (Wildman–Crippen LogP) is 3.03. The van der Waals surface area contributed by atoms with E-state index in [0.717, 1.165) is 37.1 Å². The van der Waals surface area contributed by atoms with Crippen molar-refractivity contribution in [2.45, 2.75) is 76.7 Å². The molecule has 0 radical (unpaired) electrons. The van der Waals surface area contributed by atoms with E-state index in [1.54, 1.807) is 0 Å². The SMILES string of the molecule is CC(C)(/N=N/C(C)(C)C1=NCC(O)CC1)C1=NCC(O)CC1.Cl.Cl. The molecule has 2 N–H and O–H groups in total. The molecule has 6 nitrogen and oxygen atoms in total. The van der Waals surface area contributed by atoms with Gasteiger partial charge in [0.2, 0.25) is 0 Å². The minimum absolute atomic E-state index is 0. The molecule has 0 aliphatic carbocycles. The number of aliphatic hydroxyl groups excluding tert-OH is 2. The third-order valence-corrected chi connectivity index (χ3v) is 4.38. The standard InChI is InChI=1S/C16H28N4O2.2ClH/c1-15(2,13-7-5-11(21)9-17-13)19-20-16(3,4)14-8-6-12(22)10-18-14;;/h11-12,21-22H,5-10H2,1-4H3;2*1H/b20-19+;;. The Morgan fingerprint density at radius 3 is 1.38 bits per heavy atom. The van der Waals surface area contributed by atoms with Crippen LogP contribution in [-0.2, 0) is 0 Å². The largest absolute Gasteiger partial charge is 0.391 e. The summed E-state index contributed by atoms with van der Waals surface area (Å²) in [5, 5.41) is 28.2. The Morgan fingerprint density at radius 2 is 1.12 bits per heavy atom. The van der Waals surface area contributed by atoms with Crippen molar-refractivity contribution >= 4 is 36.2 Å². The van der Waals surface area contributed by atoms with Crippen molar-refractivity contribution in [1.82, 2.24) is 0 Å². The highest BCUT2D eigenvalue weighted by molar-refractivity contribution is 5.94. The van der Waals surface area contributed by atoms with E-state index in [9.17, 15) is 10.2 Å². The molecule has 0 aromatic rings. The highest BCUT2D eigenvalue weighted by Crippen LogP contribution is 2.25. The van der Waals surface area contributed by atoms with Crippen molar-refractivity contribution in [2.75, 3.05) is 13.1 Å². The molecule has 2 atom stereocenters. The van der Waals surface area contributed by atoms with Crippen LogP contribution in [0.25, 0.3) is 0 Å². The average molecular weight is 381 g/mol. The molecule has 0 aromatic heterocycles. The summed E-state index contributed by atoms with van der Waals surface area (Å²) in [7, 11) is 0. The van der Waals surface area contributed by atoms with Crippen LogP contribution >= 0.6 is 24.8 Å². The fraction of sp³-hybridized carbons (Fsp3) is 0.875. The van der Waals surface area contributed by atoms with Crippen molar-refractivity contribution < 1.29 is 10.2 Å². The van der Waals surface area contributed by atoms with Crippen LogP contribution in [-0.4, -0.2) is 58.0 Å². The summed E-state index contributed by atoms with van der Waals surface area (Å²) in [5.74, 6) is 0. The van der Waals surface area contributed by atoms with Gasteiger partial charge in [0.25, 0.3) is 0 Å². The van der Waals surface area contributed by atoms with E-state index in [4.69, 9.17) is 0 Å². The molecule has 2 aliphatic heterocycles. The molecule has 0 fully saturated rings. The van der Waals surface area contributed by atoms with E-state index in [1.165, 1.54) is 0 Å². The van der Waals surface area contributed by atoms with Gasteiger partial charge in [-0.2, -0.15) is 10.2 Å². The quantitative estimate of drug-likeness (QED) is 0.733. The number of halogens is 2. The van der Waals surface area contributed by atoms with Crippen LogP contribution in [0, 0.1) is 0 Å². The van der Waals surface area contributed by atoms with Crippen LogP contribution in [0.1, 0.15) is 53.4 Å². The van der Waals surface area contributed by atoms with Crippen LogP contribution in [0.4, 0.5) is 0 Å². The third-order valence-electron chi connectivity index (χ3n) is 4.38. The summed E-state index contributed by atoms with van der Waals surface area (Å²) >= 11 is 0. The lowest BCUT2D eigenvalue weighted by atomic mass is 9.91. The Morgan fingerprint density at radius 1 is 0.792 bits per heavy atom. The van der Waals surface area contributed by atoms with Gasteiger partial charge in [-0.25, -0.2) is 0 Å². The van der Waals surface area contributed by atoms with Gasteiger partial charge < -0.3 is 10.2 Å². The van der Waals surface area contributed by atoms with Gasteiger partial charge in [0.1, 0.15) is 11.1 Å². The monoisotopic (exact) mass is 380 g/mol. The first-order chi connectivity index (χ1) is 10.2. The zero-order valence-corrected chi connectivity index (χ0v) is 16.5. The lowest BCUT2D eigenvalue weighted by molar-refractivity contribution is 0.169. The zero-order valence-electron chi connectivity index (χ0n) is 14.9. The second-order valence-electron chi connectivity index (χ2n) is 7.28. The number of azo groups is 1. The third kappa shape index (κ3) is 6.06. The summed E-state index contributed by atoms with van der Waals surface area (Å²) in [6.07, 6.45) is 2.37. The Kier molecular flexibility index (Phi) is 9.01. The van der Waals surface area contributed by atoms with Crippen molar-refractivity contribution in [3.63, 3.8) is 0 Å². The first-order valence-electron chi connectivity index (χ1n) is 8.08. The topological polar surface area (TPSA) is 89.9 Å². The van der Waals surface area contributed by atoms with Crippen molar-refractivity contribution in [1.29, 1.82) is 0 Å². The van der Waals surface area contributed by atoms with Crippen molar-refractivity contribution in [3.8, 4) is 0 Å². The van der Waals surface area contributed by atoms with E-state index < -0.39 is 11.1 Å². The van der Waals surface area contributed by atoms with Gasteiger partial charge >= 0.3 is 0 Å². The number of rotatable bonds is 4. The number of nitrogens with zero attached hydrogens (tertiary/aromatic N) is 4. The summed E-state index contributed by atoms with van der Waals surface area (Å²) in [6.45, 7) is 8.96. The van der Waals surface area contributed by atoms with Crippen molar-refractivity contribution in [3.05, 3.63) is 0 Å². The molecule has 0 amide bonds. The summed E-state index contributed by atoms with van der Waals surface area (Å²) < 4.78 is 0. The van der Waals surface area contributed by atoms with Gasteiger partial charge in [0.05, 0.1) is 25.3 Å². The zero-order chi connectivity index (χ0) is 16.4. The van der Waals surface area contributed by atoms with Crippen LogP contribution in [0.2, 0.25) is 0 Å². The molecule has 0 saturated heterocycles. The number of aliphatic imine (C=N–C) groups is 2. The molecule has 0 saturated carbocycles. The fourth-order valence-corrected chi connectivity index (χ4v) is 2.74. The normalized spacial score (nSPS) is 25.4. The van der Waals surface area contributed by atoms with E-state index in [-0.39, 0.29) is 37.0 Å². The first-order valence-corrected chi connectivity index (χ1v) is 8.08. The Hall–Kier alpha value is -0.560. The smallest absolute Gasteiger partial charge is 0.113 e. The van der Waals surface area contributed by atoms with Gasteiger partial charge in [-0.1, -0.05) is 0 Å². The predicted molar refractivity (Wildman–Crippen MR) is 103 cm³/mol. The molecular formula is C16H30Cl2N4O2. The Labute approximate surface area is 156 Å². The average Bonchev–Trinajstić information content (AvgIpc) is 2.46. The Bertz CT molecular complexity index is 460. The second-order valence-corrected chi connectivity index (χ2v) is 7.28. The van der Waals surface area contributed by atoms with Gasteiger partial charge in [0.15, 0.2) is 0 Å². The van der Waals surface area contributed by atoms with E-state index in [2.05, 4.69) is 20.2 Å². The maximum atomic E-state index is 9.55. The van der Waals surface area contributed by atoms with E-state index in [1.807, 2.05) is 27.7 Å². The fourth-order valence-electron chi connectivity index (χ4n) is 2.74. The number of hydrogen-bond acceptors (Lipinski definition) is 6. The van der Waals surface area contributed by atoms with Crippen molar-refractivity contribution in [2.24, 2.45) is 20.2 Å². The number of aliphatic hydroxyl groups is 2. The molecule has 140 valence electrons. The molecule has 2 rings (SSSR count). The van der Waals surface area contributed by atoms with Crippen LogP contribution in [0.5, 0.6) is 0 Å².